The van der Waals surface area contributed by atoms with Gasteiger partial charge in [-0.3, -0.25) is 0 Å². The zero-order chi connectivity index (χ0) is 8.48. The lowest BCUT2D eigenvalue weighted by molar-refractivity contribution is -0.0337. The molecular weight excluding hydrogens is 136 g/mol. The molecule has 0 aromatic heterocycles. The van der Waals surface area contributed by atoms with Crippen LogP contribution in [-0.2, 0) is 0 Å². The molecule has 11 heavy (non-hydrogen) atoms. The first-order valence-electron chi connectivity index (χ1n) is 4.78. The van der Waals surface area contributed by atoms with Crippen LogP contribution in [0.15, 0.2) is 0 Å². The predicted molar refractivity (Wildman–Crippen MR) is 47.4 cm³/mol. The van der Waals surface area contributed by atoms with E-state index >= 15 is 0 Å². The van der Waals surface area contributed by atoms with Gasteiger partial charge in [-0.05, 0) is 37.5 Å². The van der Waals surface area contributed by atoms with Gasteiger partial charge in [-0.1, -0.05) is 20.8 Å². The van der Waals surface area contributed by atoms with Gasteiger partial charge in [0.2, 0.25) is 0 Å². The Hall–Kier alpha value is -0.0400. The molecule has 0 amide bonds. The third-order valence-electron chi connectivity index (χ3n) is 2.92. The average Bonchev–Trinajstić information content (AvgIpc) is 1.84. The molecule has 3 atom stereocenters. The summed E-state index contributed by atoms with van der Waals surface area (Å²) in [6.45, 7) is 6.58. The quantitative estimate of drug-likeness (QED) is 0.618. The topological polar surface area (TPSA) is 20.2 Å². The van der Waals surface area contributed by atoms with Crippen molar-refractivity contribution in [3.05, 3.63) is 0 Å². The van der Waals surface area contributed by atoms with Crippen LogP contribution in [0.4, 0.5) is 0 Å². The van der Waals surface area contributed by atoms with E-state index in [9.17, 15) is 5.11 Å². The van der Waals surface area contributed by atoms with E-state index in [1.54, 1.807) is 0 Å². The number of aliphatic hydroxyl groups is 1. The first kappa shape index (κ1) is 9.05. The summed E-state index contributed by atoms with van der Waals surface area (Å²) in [5.41, 5.74) is -0.336. The standard InChI is InChI=1S/C10H20O/c1-4-10(11)6-8(2)5-9(3)7-10/h8-9,11H,4-7H2,1-3H3/t8-,9?,10?/m1/s1. The highest BCUT2D eigenvalue weighted by atomic mass is 16.3. The second-order valence-corrected chi connectivity index (χ2v) is 4.43. The van der Waals surface area contributed by atoms with Crippen LogP contribution < -0.4 is 0 Å². The maximum Gasteiger partial charge on any atom is 0.0650 e. The molecule has 0 aromatic carbocycles. The van der Waals surface area contributed by atoms with Crippen molar-refractivity contribution in [3.8, 4) is 0 Å². The van der Waals surface area contributed by atoms with Crippen molar-refractivity contribution in [3.63, 3.8) is 0 Å². The van der Waals surface area contributed by atoms with Gasteiger partial charge in [0.1, 0.15) is 0 Å². The fraction of sp³-hybridized carbons (Fsp3) is 1.00. The molecule has 0 radical (unpaired) electrons. The van der Waals surface area contributed by atoms with E-state index in [4.69, 9.17) is 0 Å². The molecule has 1 N–H and O–H groups in total. The fourth-order valence-electron chi connectivity index (χ4n) is 2.52. The Balaban J connectivity index is 2.55. The Bertz CT molecular complexity index is 121. The van der Waals surface area contributed by atoms with Crippen molar-refractivity contribution in [1.29, 1.82) is 0 Å². The summed E-state index contributed by atoms with van der Waals surface area (Å²) >= 11 is 0. The second-order valence-electron chi connectivity index (χ2n) is 4.43. The molecular formula is C10H20O. The SMILES string of the molecule is CCC1(O)CC(C)C[C@@H](C)C1. The first-order chi connectivity index (χ1) is 5.06. The Morgan fingerprint density at radius 3 is 2.09 bits per heavy atom. The van der Waals surface area contributed by atoms with Crippen molar-refractivity contribution < 1.29 is 5.11 Å². The Morgan fingerprint density at radius 1 is 1.27 bits per heavy atom. The van der Waals surface area contributed by atoms with Crippen LogP contribution in [-0.4, -0.2) is 10.7 Å². The molecule has 1 nitrogen and oxygen atoms in total. The zero-order valence-electron chi connectivity index (χ0n) is 7.93. The van der Waals surface area contributed by atoms with E-state index in [1.165, 1.54) is 6.42 Å². The van der Waals surface area contributed by atoms with Crippen LogP contribution in [0.3, 0.4) is 0 Å². The summed E-state index contributed by atoms with van der Waals surface area (Å²) in [4.78, 5) is 0. The Morgan fingerprint density at radius 2 is 1.73 bits per heavy atom. The summed E-state index contributed by atoms with van der Waals surface area (Å²) in [7, 11) is 0. The molecule has 0 aliphatic heterocycles. The highest BCUT2D eigenvalue weighted by Crippen LogP contribution is 2.37. The summed E-state index contributed by atoms with van der Waals surface area (Å²) < 4.78 is 0. The monoisotopic (exact) mass is 156 g/mol. The zero-order valence-corrected chi connectivity index (χ0v) is 7.93. The summed E-state index contributed by atoms with van der Waals surface area (Å²) in [6, 6.07) is 0. The first-order valence-corrected chi connectivity index (χ1v) is 4.78. The van der Waals surface area contributed by atoms with Gasteiger partial charge in [0.05, 0.1) is 5.60 Å². The van der Waals surface area contributed by atoms with Gasteiger partial charge in [0, 0.05) is 0 Å². The molecule has 2 unspecified atom stereocenters. The molecule has 1 fully saturated rings. The normalized spacial score (nSPS) is 45.8. The number of hydrogen-bond acceptors (Lipinski definition) is 1. The Labute approximate surface area is 69.8 Å². The van der Waals surface area contributed by atoms with Gasteiger partial charge in [0.25, 0.3) is 0 Å². The maximum atomic E-state index is 10.0. The molecule has 1 aliphatic carbocycles. The number of hydrogen-bond donors (Lipinski definition) is 1. The van der Waals surface area contributed by atoms with Crippen LogP contribution >= 0.6 is 0 Å². The summed E-state index contributed by atoms with van der Waals surface area (Å²) in [6.07, 6.45) is 4.23. The minimum atomic E-state index is -0.336. The van der Waals surface area contributed by atoms with E-state index in [-0.39, 0.29) is 5.60 Å². The molecule has 0 saturated heterocycles. The average molecular weight is 156 g/mol. The molecule has 0 spiro atoms. The van der Waals surface area contributed by atoms with Crippen LogP contribution in [0.5, 0.6) is 0 Å². The van der Waals surface area contributed by atoms with E-state index in [0.717, 1.165) is 19.3 Å². The lowest BCUT2D eigenvalue weighted by Gasteiger charge is -2.38. The Kier molecular flexibility index (Phi) is 2.58. The van der Waals surface area contributed by atoms with Gasteiger partial charge >= 0.3 is 0 Å². The highest BCUT2D eigenvalue weighted by molar-refractivity contribution is 4.86. The van der Waals surface area contributed by atoms with Crippen molar-refractivity contribution in [1.82, 2.24) is 0 Å². The minimum Gasteiger partial charge on any atom is -0.390 e. The lowest BCUT2D eigenvalue weighted by atomic mass is 9.73. The predicted octanol–water partition coefficient (Wildman–Crippen LogP) is 2.58. The molecule has 1 saturated carbocycles. The number of rotatable bonds is 1. The lowest BCUT2D eigenvalue weighted by Crippen LogP contribution is -2.37. The van der Waals surface area contributed by atoms with Gasteiger partial charge in [-0.15, -0.1) is 0 Å². The second kappa shape index (κ2) is 3.14. The highest BCUT2D eigenvalue weighted by Gasteiger charge is 2.33. The van der Waals surface area contributed by atoms with Crippen molar-refractivity contribution in [2.75, 3.05) is 0 Å². The van der Waals surface area contributed by atoms with E-state index in [1.807, 2.05) is 0 Å². The van der Waals surface area contributed by atoms with Crippen LogP contribution in [0.2, 0.25) is 0 Å². The van der Waals surface area contributed by atoms with Crippen LogP contribution in [0.25, 0.3) is 0 Å². The molecule has 66 valence electrons. The fourth-order valence-corrected chi connectivity index (χ4v) is 2.52. The molecule has 0 heterocycles. The smallest absolute Gasteiger partial charge is 0.0650 e. The molecule has 0 aromatic rings. The van der Waals surface area contributed by atoms with E-state index in [2.05, 4.69) is 20.8 Å². The molecule has 1 rings (SSSR count). The van der Waals surface area contributed by atoms with Crippen molar-refractivity contribution in [2.45, 2.75) is 52.1 Å². The van der Waals surface area contributed by atoms with Gasteiger partial charge in [-0.2, -0.15) is 0 Å². The largest absolute Gasteiger partial charge is 0.390 e. The van der Waals surface area contributed by atoms with Crippen LogP contribution in [0.1, 0.15) is 46.5 Å². The van der Waals surface area contributed by atoms with Crippen molar-refractivity contribution >= 4 is 0 Å². The third kappa shape index (κ3) is 2.19. The third-order valence-corrected chi connectivity index (χ3v) is 2.92. The van der Waals surface area contributed by atoms with Crippen LogP contribution in [0, 0.1) is 11.8 Å². The molecule has 1 aliphatic rings. The van der Waals surface area contributed by atoms with Crippen molar-refractivity contribution in [2.24, 2.45) is 11.8 Å². The maximum absolute atomic E-state index is 10.0. The van der Waals surface area contributed by atoms with Gasteiger partial charge in [0.15, 0.2) is 0 Å². The van der Waals surface area contributed by atoms with Gasteiger partial charge < -0.3 is 5.11 Å². The van der Waals surface area contributed by atoms with Gasteiger partial charge in [-0.25, -0.2) is 0 Å². The molecule has 1 heteroatoms. The summed E-state index contributed by atoms with van der Waals surface area (Å²) in [5, 5.41) is 10.0. The van der Waals surface area contributed by atoms with E-state index < -0.39 is 0 Å². The minimum absolute atomic E-state index is 0.336. The molecule has 0 bridgehead atoms. The summed E-state index contributed by atoms with van der Waals surface area (Å²) in [5.74, 6) is 1.42. The van der Waals surface area contributed by atoms with E-state index in [0.29, 0.717) is 11.8 Å².